The Morgan fingerprint density at radius 1 is 1.16 bits per heavy atom. The molecule has 4 heterocycles. The van der Waals surface area contributed by atoms with E-state index in [4.69, 9.17) is 0 Å². The molecular formula is C26H20N10OS. The lowest BCUT2D eigenvalue weighted by Gasteiger charge is -2.12. The van der Waals surface area contributed by atoms with E-state index in [1.165, 1.54) is 22.2 Å². The second-order valence-electron chi connectivity index (χ2n) is 8.56. The zero-order chi connectivity index (χ0) is 26.2. The highest BCUT2D eigenvalue weighted by atomic mass is 32.1. The van der Waals surface area contributed by atoms with Gasteiger partial charge in [0.05, 0.1) is 22.8 Å². The Balaban J connectivity index is 1.32. The molecule has 0 atom stereocenters. The molecular weight excluding hydrogens is 500 g/mol. The maximum Gasteiger partial charge on any atom is 0.228 e. The van der Waals surface area contributed by atoms with Crippen LogP contribution >= 0.6 is 11.3 Å². The minimum Gasteiger partial charge on any atom is -0.371 e. The quantitative estimate of drug-likeness (QED) is 0.242. The van der Waals surface area contributed by atoms with E-state index in [0.717, 1.165) is 32.7 Å². The number of hydrogen-bond donors (Lipinski definition) is 3. The van der Waals surface area contributed by atoms with Crippen LogP contribution in [-0.2, 0) is 11.2 Å². The number of nitrogens with one attached hydrogen (secondary N) is 3. The topological polar surface area (TPSA) is 145 Å². The molecule has 0 saturated carbocycles. The highest BCUT2D eigenvalue weighted by molar-refractivity contribution is 7.20. The Morgan fingerprint density at radius 3 is 2.84 bits per heavy atom. The molecule has 0 unspecified atom stereocenters. The zero-order valence-corrected chi connectivity index (χ0v) is 21.2. The lowest BCUT2D eigenvalue weighted by molar-refractivity contribution is -0.115. The van der Waals surface area contributed by atoms with E-state index in [-0.39, 0.29) is 17.3 Å². The van der Waals surface area contributed by atoms with Crippen molar-refractivity contribution in [2.24, 2.45) is 10.2 Å². The van der Waals surface area contributed by atoms with Gasteiger partial charge in [0.25, 0.3) is 0 Å². The predicted molar refractivity (Wildman–Crippen MR) is 146 cm³/mol. The minimum atomic E-state index is -0.0117. The molecule has 0 spiro atoms. The number of rotatable bonds is 6. The number of fused-ring (bicyclic) bond motifs is 2. The van der Waals surface area contributed by atoms with Crippen molar-refractivity contribution in [3.05, 3.63) is 71.4 Å². The van der Waals surface area contributed by atoms with Crippen LogP contribution < -0.4 is 16.0 Å². The van der Waals surface area contributed by atoms with Crippen molar-refractivity contribution in [3.8, 4) is 11.2 Å². The molecule has 0 saturated heterocycles. The maximum atomic E-state index is 11.7. The number of para-hydroxylation sites is 1. The Bertz CT molecular complexity index is 1760. The number of carbonyl (C=O) groups excluding carboxylic acids is 1. The number of benzene rings is 2. The van der Waals surface area contributed by atoms with Gasteiger partial charge in [-0.2, -0.15) is 15.0 Å². The van der Waals surface area contributed by atoms with E-state index in [9.17, 15) is 10.1 Å². The molecule has 0 radical (unpaired) electrons. The van der Waals surface area contributed by atoms with Gasteiger partial charge in [-0.1, -0.05) is 29.5 Å². The summed E-state index contributed by atoms with van der Waals surface area (Å²) >= 11 is 1.45. The Hall–Kier alpha value is -5.15. The summed E-state index contributed by atoms with van der Waals surface area (Å²) in [7, 11) is 1.75. The standard InChI is InChI=1S/C26H20N10OS/c1-14-9-21(30-17-8-7-15-10-22(37)31-19(15)11-17)33-24(28-2)23(14)34-35-25-16(12-27)13-29-36(25)26-32-18-5-3-4-6-20(18)38-26/h3-9,11,13H,10H2,1-2H3,(H,31,37)(H2,28,30,33). The van der Waals surface area contributed by atoms with Crippen molar-refractivity contribution in [2.45, 2.75) is 13.3 Å². The van der Waals surface area contributed by atoms with Gasteiger partial charge in [0.1, 0.15) is 23.1 Å². The fraction of sp³-hybridized carbons (Fsp3) is 0.115. The van der Waals surface area contributed by atoms with E-state index in [1.54, 1.807) is 7.05 Å². The van der Waals surface area contributed by atoms with Gasteiger partial charge >= 0.3 is 0 Å². The number of anilines is 4. The summed E-state index contributed by atoms with van der Waals surface area (Å²) in [5.74, 6) is 1.39. The number of pyridine rings is 1. The van der Waals surface area contributed by atoms with Crippen LogP contribution in [0.3, 0.4) is 0 Å². The van der Waals surface area contributed by atoms with Crippen molar-refractivity contribution >= 4 is 62.0 Å². The lowest BCUT2D eigenvalue weighted by atomic mass is 10.1. The zero-order valence-electron chi connectivity index (χ0n) is 20.4. The summed E-state index contributed by atoms with van der Waals surface area (Å²) in [5.41, 5.74) is 5.04. The number of thiazole rings is 1. The first-order valence-corrected chi connectivity index (χ1v) is 12.5. The van der Waals surface area contributed by atoms with Gasteiger partial charge in [-0.25, -0.2) is 9.97 Å². The third-order valence-electron chi connectivity index (χ3n) is 6.00. The molecule has 3 aromatic heterocycles. The van der Waals surface area contributed by atoms with Gasteiger partial charge in [0, 0.05) is 18.4 Å². The molecule has 12 heteroatoms. The highest BCUT2D eigenvalue weighted by Crippen LogP contribution is 2.35. The van der Waals surface area contributed by atoms with Crippen molar-refractivity contribution in [3.63, 3.8) is 0 Å². The molecule has 0 fully saturated rings. The first-order valence-electron chi connectivity index (χ1n) is 11.7. The molecule has 186 valence electrons. The molecule has 0 bridgehead atoms. The van der Waals surface area contributed by atoms with Gasteiger partial charge in [0.2, 0.25) is 11.0 Å². The smallest absolute Gasteiger partial charge is 0.228 e. The summed E-state index contributed by atoms with van der Waals surface area (Å²) in [5, 5.41) is 32.7. The normalized spacial score (nSPS) is 12.5. The number of carbonyl (C=O) groups is 1. The van der Waals surface area contributed by atoms with Crippen molar-refractivity contribution in [1.29, 1.82) is 5.26 Å². The summed E-state index contributed by atoms with van der Waals surface area (Å²) in [4.78, 5) is 20.9. The number of azo groups is 1. The van der Waals surface area contributed by atoms with Crippen LogP contribution in [0.4, 0.5) is 34.5 Å². The molecule has 38 heavy (non-hydrogen) atoms. The van der Waals surface area contributed by atoms with E-state index in [0.29, 0.717) is 28.9 Å². The molecule has 1 aliphatic rings. The van der Waals surface area contributed by atoms with Crippen molar-refractivity contribution in [1.82, 2.24) is 19.7 Å². The second-order valence-corrected chi connectivity index (χ2v) is 9.57. The third-order valence-corrected chi connectivity index (χ3v) is 7.01. The fourth-order valence-electron chi connectivity index (χ4n) is 4.18. The summed E-state index contributed by atoms with van der Waals surface area (Å²) in [6.45, 7) is 1.90. The van der Waals surface area contributed by atoms with Crippen LogP contribution in [0, 0.1) is 18.3 Å². The average molecular weight is 521 g/mol. The highest BCUT2D eigenvalue weighted by Gasteiger charge is 2.19. The van der Waals surface area contributed by atoms with E-state index in [1.807, 2.05) is 55.5 Å². The molecule has 1 amide bonds. The second kappa shape index (κ2) is 9.38. The van der Waals surface area contributed by atoms with Crippen LogP contribution in [-0.4, -0.2) is 32.7 Å². The Labute approximate surface area is 220 Å². The minimum absolute atomic E-state index is 0.0117. The van der Waals surface area contributed by atoms with E-state index in [2.05, 4.69) is 47.3 Å². The monoisotopic (exact) mass is 520 g/mol. The lowest BCUT2D eigenvalue weighted by Crippen LogP contribution is -2.03. The molecule has 11 nitrogen and oxygen atoms in total. The third kappa shape index (κ3) is 4.21. The van der Waals surface area contributed by atoms with Crippen LogP contribution in [0.5, 0.6) is 0 Å². The number of nitrogens with zero attached hydrogens (tertiary/aromatic N) is 7. The summed E-state index contributed by atoms with van der Waals surface area (Å²) < 4.78 is 2.53. The number of aromatic nitrogens is 4. The van der Waals surface area contributed by atoms with Crippen LogP contribution in [0.25, 0.3) is 15.3 Å². The van der Waals surface area contributed by atoms with Crippen molar-refractivity contribution < 1.29 is 4.79 Å². The van der Waals surface area contributed by atoms with E-state index < -0.39 is 0 Å². The molecule has 2 aromatic carbocycles. The number of hydrogen-bond acceptors (Lipinski definition) is 10. The molecule has 1 aliphatic heterocycles. The largest absolute Gasteiger partial charge is 0.371 e. The van der Waals surface area contributed by atoms with Crippen LogP contribution in [0.2, 0.25) is 0 Å². The van der Waals surface area contributed by atoms with Crippen LogP contribution in [0.1, 0.15) is 16.7 Å². The molecule has 6 rings (SSSR count). The van der Waals surface area contributed by atoms with Gasteiger partial charge in [-0.15, -0.1) is 10.2 Å². The van der Waals surface area contributed by atoms with Gasteiger partial charge in [0.15, 0.2) is 11.6 Å². The van der Waals surface area contributed by atoms with Gasteiger partial charge in [-0.3, -0.25) is 4.79 Å². The fourth-order valence-corrected chi connectivity index (χ4v) is 5.10. The SMILES string of the molecule is CNc1nc(Nc2ccc3c(c2)NC(=O)C3)cc(C)c1N=Nc1c(C#N)cnn1-c1nc2ccccc2s1. The Morgan fingerprint density at radius 2 is 2.03 bits per heavy atom. The maximum absolute atomic E-state index is 11.7. The Kier molecular flexibility index (Phi) is 5.74. The van der Waals surface area contributed by atoms with Crippen LogP contribution in [0.15, 0.2) is 65.0 Å². The van der Waals surface area contributed by atoms with Gasteiger partial charge < -0.3 is 16.0 Å². The molecule has 3 N–H and O–H groups in total. The van der Waals surface area contributed by atoms with E-state index >= 15 is 0 Å². The summed E-state index contributed by atoms with van der Waals surface area (Å²) in [6.07, 6.45) is 1.85. The first kappa shape index (κ1) is 23.3. The molecule has 0 aliphatic carbocycles. The van der Waals surface area contributed by atoms with Gasteiger partial charge in [-0.05, 0) is 48.4 Å². The average Bonchev–Trinajstić information content (AvgIpc) is 3.62. The number of nitriles is 1. The number of amides is 1. The molecule has 5 aromatic rings. The van der Waals surface area contributed by atoms with Crippen molar-refractivity contribution in [2.75, 3.05) is 23.0 Å². The summed E-state index contributed by atoms with van der Waals surface area (Å²) in [6, 6.07) is 17.5. The number of aryl methyl sites for hydroxylation is 1. The first-order chi connectivity index (χ1) is 18.5. The predicted octanol–water partition coefficient (Wildman–Crippen LogP) is 5.75.